The SMILES string of the molecule is COc1ccc(CN2CCc3c(sc(N)c3C(=O)O)C2C(=O)N2Cc3ccccc3C2=O)cc1. The molecule has 3 N–H and O–H groups in total. The van der Waals surface area contributed by atoms with Crippen LogP contribution in [0.4, 0.5) is 5.00 Å². The second-order valence-corrected chi connectivity index (χ2v) is 9.43. The molecule has 0 aliphatic carbocycles. The van der Waals surface area contributed by atoms with Crippen LogP contribution in [0.5, 0.6) is 5.75 Å². The molecule has 2 aliphatic heterocycles. The summed E-state index contributed by atoms with van der Waals surface area (Å²) in [7, 11) is 1.60. The van der Waals surface area contributed by atoms with Gasteiger partial charge in [0.25, 0.3) is 11.8 Å². The van der Waals surface area contributed by atoms with E-state index in [4.69, 9.17) is 10.5 Å². The highest BCUT2D eigenvalue weighted by Crippen LogP contribution is 2.43. The molecule has 5 rings (SSSR count). The fraction of sp³-hybridized carbons (Fsp3) is 0.240. The summed E-state index contributed by atoms with van der Waals surface area (Å²) in [6.45, 7) is 1.11. The third kappa shape index (κ3) is 3.63. The molecule has 34 heavy (non-hydrogen) atoms. The van der Waals surface area contributed by atoms with Gasteiger partial charge in [0.1, 0.15) is 16.8 Å². The van der Waals surface area contributed by atoms with Crippen molar-refractivity contribution in [3.8, 4) is 5.75 Å². The van der Waals surface area contributed by atoms with E-state index in [1.54, 1.807) is 19.2 Å². The molecular weight excluding hydrogens is 454 g/mol. The van der Waals surface area contributed by atoms with Crippen molar-refractivity contribution >= 4 is 34.1 Å². The van der Waals surface area contributed by atoms with Gasteiger partial charge in [-0.1, -0.05) is 30.3 Å². The molecule has 2 amide bonds. The lowest BCUT2D eigenvalue weighted by molar-refractivity contribution is -0.135. The van der Waals surface area contributed by atoms with Gasteiger partial charge in [-0.3, -0.25) is 19.4 Å². The minimum atomic E-state index is -1.10. The lowest BCUT2D eigenvalue weighted by atomic mass is 9.95. The van der Waals surface area contributed by atoms with Crippen LogP contribution >= 0.6 is 11.3 Å². The van der Waals surface area contributed by atoms with E-state index in [-0.39, 0.29) is 28.9 Å². The molecule has 1 unspecified atom stereocenters. The number of fused-ring (bicyclic) bond motifs is 2. The molecule has 3 heterocycles. The van der Waals surface area contributed by atoms with Crippen molar-refractivity contribution in [3.63, 3.8) is 0 Å². The number of hydrogen-bond donors (Lipinski definition) is 2. The summed E-state index contributed by atoms with van der Waals surface area (Å²) in [5.41, 5.74) is 9.03. The number of aromatic carboxylic acids is 1. The Morgan fingerprint density at radius 2 is 1.91 bits per heavy atom. The zero-order valence-electron chi connectivity index (χ0n) is 18.5. The van der Waals surface area contributed by atoms with Crippen LogP contribution in [0.25, 0.3) is 0 Å². The molecule has 0 spiro atoms. The van der Waals surface area contributed by atoms with Crippen LogP contribution < -0.4 is 10.5 Å². The number of carbonyl (C=O) groups excluding carboxylic acids is 2. The number of carbonyl (C=O) groups is 3. The molecule has 0 fully saturated rings. The number of hydrogen-bond acceptors (Lipinski definition) is 7. The molecule has 1 atom stereocenters. The predicted octanol–water partition coefficient (Wildman–Crippen LogP) is 3.32. The molecule has 0 radical (unpaired) electrons. The van der Waals surface area contributed by atoms with Crippen LogP contribution in [0.2, 0.25) is 0 Å². The summed E-state index contributed by atoms with van der Waals surface area (Å²) >= 11 is 1.12. The first-order chi connectivity index (χ1) is 16.4. The van der Waals surface area contributed by atoms with Gasteiger partial charge in [-0.05, 0) is 41.3 Å². The highest BCUT2D eigenvalue weighted by atomic mass is 32.1. The second kappa shape index (κ2) is 8.58. The Hall–Kier alpha value is -3.69. The Morgan fingerprint density at radius 3 is 2.59 bits per heavy atom. The predicted molar refractivity (Wildman–Crippen MR) is 127 cm³/mol. The number of carboxylic acids is 1. The second-order valence-electron chi connectivity index (χ2n) is 8.35. The Labute approximate surface area is 200 Å². The van der Waals surface area contributed by atoms with Crippen molar-refractivity contribution in [1.82, 2.24) is 9.80 Å². The minimum absolute atomic E-state index is 0.0675. The number of nitrogens with zero attached hydrogens (tertiary/aromatic N) is 2. The van der Waals surface area contributed by atoms with Crippen molar-refractivity contribution in [2.75, 3.05) is 19.4 Å². The monoisotopic (exact) mass is 477 g/mol. The van der Waals surface area contributed by atoms with Crippen LogP contribution in [-0.4, -0.2) is 46.3 Å². The number of nitrogens with two attached hydrogens (primary N) is 1. The summed E-state index contributed by atoms with van der Waals surface area (Å²) in [5.74, 6) is -1.07. The number of anilines is 1. The first-order valence-electron chi connectivity index (χ1n) is 10.8. The summed E-state index contributed by atoms with van der Waals surface area (Å²) in [6.07, 6.45) is 0.457. The van der Waals surface area contributed by atoms with Crippen molar-refractivity contribution < 1.29 is 24.2 Å². The topological polar surface area (TPSA) is 113 Å². The van der Waals surface area contributed by atoms with Gasteiger partial charge in [0.05, 0.1) is 19.2 Å². The number of amides is 2. The standard InChI is InChI=1S/C25H23N3O5S/c1-33-16-8-6-14(7-9-16)12-27-11-10-18-19(25(31)32)22(26)34-21(18)20(27)24(30)28-13-15-4-2-3-5-17(15)23(28)29/h2-9,20H,10-13,26H2,1H3,(H,31,32). The molecule has 2 aliphatic rings. The van der Waals surface area contributed by atoms with Crippen molar-refractivity contribution in [1.29, 1.82) is 0 Å². The number of rotatable bonds is 5. The smallest absolute Gasteiger partial charge is 0.338 e. The minimum Gasteiger partial charge on any atom is -0.497 e. The average Bonchev–Trinajstić information content (AvgIpc) is 3.35. The van der Waals surface area contributed by atoms with Crippen LogP contribution in [0.1, 0.15) is 48.3 Å². The van der Waals surface area contributed by atoms with Gasteiger partial charge in [0.15, 0.2) is 0 Å². The maximum atomic E-state index is 13.9. The maximum absolute atomic E-state index is 13.9. The maximum Gasteiger partial charge on any atom is 0.338 e. The van der Waals surface area contributed by atoms with E-state index in [2.05, 4.69) is 0 Å². The van der Waals surface area contributed by atoms with Gasteiger partial charge < -0.3 is 15.6 Å². The van der Waals surface area contributed by atoms with E-state index >= 15 is 0 Å². The molecule has 8 nitrogen and oxygen atoms in total. The van der Waals surface area contributed by atoms with E-state index < -0.39 is 12.0 Å². The van der Waals surface area contributed by atoms with E-state index in [0.717, 1.165) is 28.2 Å². The van der Waals surface area contributed by atoms with E-state index in [9.17, 15) is 19.5 Å². The first-order valence-corrected chi connectivity index (χ1v) is 11.7. The molecule has 2 aromatic carbocycles. The highest BCUT2D eigenvalue weighted by Gasteiger charge is 2.43. The van der Waals surface area contributed by atoms with Crippen molar-refractivity contribution in [3.05, 3.63) is 81.2 Å². The summed E-state index contributed by atoms with van der Waals surface area (Å²) < 4.78 is 5.23. The number of methoxy groups -OCH3 is 1. The van der Waals surface area contributed by atoms with Gasteiger partial charge in [0, 0.05) is 23.5 Å². The molecule has 174 valence electrons. The highest BCUT2D eigenvalue weighted by molar-refractivity contribution is 7.16. The fourth-order valence-corrected chi connectivity index (χ4v) is 5.98. The summed E-state index contributed by atoms with van der Waals surface area (Å²) in [5, 5.41) is 9.89. The van der Waals surface area contributed by atoms with Gasteiger partial charge in [0.2, 0.25) is 0 Å². The number of benzene rings is 2. The average molecular weight is 478 g/mol. The lowest BCUT2D eigenvalue weighted by Crippen LogP contribution is -2.45. The molecule has 0 saturated heterocycles. The molecule has 0 saturated carbocycles. The Morgan fingerprint density at radius 1 is 1.18 bits per heavy atom. The van der Waals surface area contributed by atoms with Crippen molar-refractivity contribution in [2.45, 2.75) is 25.6 Å². The number of thiophene rings is 1. The normalized spacial score (nSPS) is 17.4. The van der Waals surface area contributed by atoms with Gasteiger partial charge in [-0.2, -0.15) is 0 Å². The van der Waals surface area contributed by atoms with Crippen LogP contribution in [0, 0.1) is 0 Å². The van der Waals surface area contributed by atoms with Gasteiger partial charge in [-0.25, -0.2) is 4.79 Å². The summed E-state index contributed by atoms with van der Waals surface area (Å²) in [6, 6.07) is 13.9. The zero-order valence-corrected chi connectivity index (χ0v) is 19.3. The molecule has 0 bridgehead atoms. The number of carboxylic acid groups (broad SMARTS) is 1. The number of ether oxygens (including phenoxy) is 1. The fourth-order valence-electron chi connectivity index (χ4n) is 4.74. The van der Waals surface area contributed by atoms with E-state index in [1.807, 2.05) is 41.3 Å². The van der Waals surface area contributed by atoms with Crippen molar-refractivity contribution in [2.24, 2.45) is 0 Å². The van der Waals surface area contributed by atoms with E-state index in [0.29, 0.717) is 35.5 Å². The van der Waals surface area contributed by atoms with E-state index in [1.165, 1.54) is 4.90 Å². The Kier molecular flexibility index (Phi) is 5.59. The summed E-state index contributed by atoms with van der Waals surface area (Å²) in [4.78, 5) is 42.7. The Bertz CT molecular complexity index is 1300. The van der Waals surface area contributed by atoms with Gasteiger partial charge >= 0.3 is 5.97 Å². The third-order valence-corrected chi connectivity index (χ3v) is 7.52. The van der Waals surface area contributed by atoms with Crippen LogP contribution in [-0.2, 0) is 24.3 Å². The lowest BCUT2D eigenvalue weighted by Gasteiger charge is -2.36. The third-order valence-electron chi connectivity index (χ3n) is 6.41. The van der Waals surface area contributed by atoms with Crippen LogP contribution in [0.15, 0.2) is 48.5 Å². The molecule has 9 heteroatoms. The van der Waals surface area contributed by atoms with Gasteiger partial charge in [-0.15, -0.1) is 11.3 Å². The zero-order chi connectivity index (χ0) is 24.0. The molecule has 1 aromatic heterocycles. The molecular formula is C25H23N3O5S. The number of nitrogen functional groups attached to an aromatic ring is 1. The number of imide groups is 1. The molecule has 3 aromatic rings. The van der Waals surface area contributed by atoms with Crippen LogP contribution in [0.3, 0.4) is 0 Å². The first kappa shape index (κ1) is 22.1. The quantitative estimate of drug-likeness (QED) is 0.542. The largest absolute Gasteiger partial charge is 0.497 e. The Balaban J connectivity index is 1.53.